The summed E-state index contributed by atoms with van der Waals surface area (Å²) in [4.78, 5) is 18.3. The molecule has 36 heavy (non-hydrogen) atoms. The van der Waals surface area contributed by atoms with Crippen molar-refractivity contribution in [3.05, 3.63) is 76.8 Å². The predicted octanol–water partition coefficient (Wildman–Crippen LogP) is 5.10. The number of aromatic nitrogens is 3. The van der Waals surface area contributed by atoms with Crippen LogP contribution in [0, 0.1) is 12.7 Å². The second kappa shape index (κ2) is 8.99. The van der Waals surface area contributed by atoms with Crippen molar-refractivity contribution in [3.8, 4) is 0 Å². The maximum Gasteiger partial charge on any atom is 0.419 e. The van der Waals surface area contributed by atoms with Gasteiger partial charge in [-0.1, -0.05) is 12.1 Å². The van der Waals surface area contributed by atoms with E-state index < -0.39 is 23.6 Å². The topological polar surface area (TPSA) is 57.2 Å². The van der Waals surface area contributed by atoms with Gasteiger partial charge in [-0.3, -0.25) is 4.98 Å². The van der Waals surface area contributed by atoms with Crippen molar-refractivity contribution in [2.24, 2.45) is 0 Å². The smallest absolute Gasteiger partial charge is 0.365 e. The van der Waals surface area contributed by atoms with Gasteiger partial charge in [0.2, 0.25) is 0 Å². The van der Waals surface area contributed by atoms with E-state index in [1.807, 2.05) is 18.3 Å². The lowest BCUT2D eigenvalue weighted by Crippen LogP contribution is -2.48. The maximum absolute atomic E-state index is 14.9. The number of benzene rings is 1. The highest BCUT2D eigenvalue weighted by Crippen LogP contribution is 2.43. The summed E-state index contributed by atoms with van der Waals surface area (Å²) in [7, 11) is 2.09. The Morgan fingerprint density at radius 1 is 1.11 bits per heavy atom. The molecule has 0 saturated carbocycles. The van der Waals surface area contributed by atoms with Crippen LogP contribution in [0.15, 0.2) is 42.7 Å². The molecule has 1 N–H and O–H groups in total. The van der Waals surface area contributed by atoms with Crippen LogP contribution in [-0.2, 0) is 18.1 Å². The van der Waals surface area contributed by atoms with Crippen LogP contribution in [0.3, 0.4) is 0 Å². The Balaban J connectivity index is 1.57. The number of anilines is 2. The number of nitrogens with one attached hydrogen (secondary N) is 1. The second-order valence-electron chi connectivity index (χ2n) is 9.85. The monoisotopic (exact) mass is 500 g/mol. The molecular formula is C26H28F4N6. The Morgan fingerprint density at radius 3 is 2.58 bits per heavy atom. The molecule has 4 heterocycles. The van der Waals surface area contributed by atoms with Gasteiger partial charge in [0.1, 0.15) is 17.5 Å². The number of likely N-dealkylation sites (tertiary alicyclic amines) is 1. The molecule has 2 atom stereocenters. The molecule has 0 amide bonds. The number of aryl methyl sites for hydroxylation is 1. The summed E-state index contributed by atoms with van der Waals surface area (Å²) < 4.78 is 54.8. The Labute approximate surface area is 207 Å². The summed E-state index contributed by atoms with van der Waals surface area (Å²) in [5.74, 6) is -0.184. The van der Waals surface area contributed by atoms with Gasteiger partial charge < -0.3 is 15.1 Å². The normalized spacial score (nSPS) is 21.0. The van der Waals surface area contributed by atoms with Crippen molar-refractivity contribution in [2.75, 3.05) is 36.9 Å². The van der Waals surface area contributed by atoms with E-state index >= 15 is 0 Å². The van der Waals surface area contributed by atoms with Crippen LogP contribution in [0.1, 0.15) is 47.6 Å². The van der Waals surface area contributed by atoms with Crippen LogP contribution < -0.4 is 10.2 Å². The standard InChI is InChI=1S/C26H28F4N6/c1-16(19-7-4-8-21(22(19)27)26(28,29)30)32-24-20-13-36(18-6-5-10-31-12-18)15-25(9-11-35(3)14-25)23(20)33-17(2)34-24/h4-8,10,12,16H,9,11,13-15H2,1-3H3,(H,32,33,34)/t16-,25?/m1/s1. The molecule has 1 aromatic carbocycles. The fraction of sp³-hybridized carbons (Fsp3) is 0.423. The highest BCUT2D eigenvalue weighted by atomic mass is 19.4. The van der Waals surface area contributed by atoms with Gasteiger partial charge in [-0.25, -0.2) is 14.4 Å². The van der Waals surface area contributed by atoms with Crippen molar-refractivity contribution in [3.63, 3.8) is 0 Å². The lowest BCUT2D eigenvalue weighted by molar-refractivity contribution is -0.140. The average molecular weight is 501 g/mol. The van der Waals surface area contributed by atoms with Gasteiger partial charge in [0, 0.05) is 42.4 Å². The molecule has 5 rings (SSSR count). The Bertz CT molecular complexity index is 1270. The largest absolute Gasteiger partial charge is 0.419 e. The molecule has 1 saturated heterocycles. The van der Waals surface area contributed by atoms with E-state index in [9.17, 15) is 17.6 Å². The Hall–Kier alpha value is -3.27. The van der Waals surface area contributed by atoms with Crippen LogP contribution in [0.25, 0.3) is 0 Å². The number of fused-ring (bicyclic) bond motifs is 2. The van der Waals surface area contributed by atoms with E-state index in [1.165, 1.54) is 12.1 Å². The molecule has 1 fully saturated rings. The predicted molar refractivity (Wildman–Crippen MR) is 129 cm³/mol. The highest BCUT2D eigenvalue weighted by Gasteiger charge is 2.46. The molecule has 10 heteroatoms. The molecule has 0 radical (unpaired) electrons. The number of hydrogen-bond acceptors (Lipinski definition) is 6. The van der Waals surface area contributed by atoms with Gasteiger partial charge in [-0.05, 0) is 52.1 Å². The lowest BCUT2D eigenvalue weighted by atomic mass is 9.77. The zero-order valence-electron chi connectivity index (χ0n) is 20.4. The fourth-order valence-electron chi connectivity index (χ4n) is 5.50. The van der Waals surface area contributed by atoms with E-state index in [4.69, 9.17) is 4.98 Å². The van der Waals surface area contributed by atoms with Crippen molar-refractivity contribution < 1.29 is 17.6 Å². The molecule has 2 aliphatic rings. The second-order valence-corrected chi connectivity index (χ2v) is 9.85. The van der Waals surface area contributed by atoms with Crippen molar-refractivity contribution >= 4 is 11.5 Å². The van der Waals surface area contributed by atoms with E-state index in [2.05, 4.69) is 32.1 Å². The SMILES string of the molecule is Cc1nc(N[C@H](C)c2cccc(C(F)(F)F)c2F)c2c(n1)C1(CCN(C)C1)CN(c1cccnc1)C2. The highest BCUT2D eigenvalue weighted by molar-refractivity contribution is 5.58. The minimum Gasteiger partial charge on any atom is -0.365 e. The molecule has 1 spiro atoms. The third-order valence-electron chi connectivity index (χ3n) is 7.17. The van der Waals surface area contributed by atoms with Crippen LogP contribution in [0.5, 0.6) is 0 Å². The van der Waals surface area contributed by atoms with Crippen LogP contribution in [-0.4, -0.2) is 46.5 Å². The summed E-state index contributed by atoms with van der Waals surface area (Å²) in [6.45, 7) is 6.48. The number of pyridine rings is 1. The number of rotatable bonds is 4. The first kappa shape index (κ1) is 24.4. The van der Waals surface area contributed by atoms with Crippen molar-refractivity contribution in [1.29, 1.82) is 0 Å². The summed E-state index contributed by atoms with van der Waals surface area (Å²) in [5, 5.41) is 3.22. The fourth-order valence-corrected chi connectivity index (χ4v) is 5.50. The average Bonchev–Trinajstić information content (AvgIpc) is 3.20. The van der Waals surface area contributed by atoms with Crippen molar-refractivity contribution in [1.82, 2.24) is 19.9 Å². The molecule has 2 aliphatic heterocycles. The summed E-state index contributed by atoms with van der Waals surface area (Å²) >= 11 is 0. The minimum atomic E-state index is -4.77. The number of nitrogens with zero attached hydrogens (tertiary/aromatic N) is 5. The van der Waals surface area contributed by atoms with Crippen LogP contribution in [0.2, 0.25) is 0 Å². The van der Waals surface area contributed by atoms with E-state index in [0.717, 1.165) is 49.1 Å². The lowest BCUT2D eigenvalue weighted by Gasteiger charge is -2.42. The van der Waals surface area contributed by atoms with E-state index in [0.29, 0.717) is 18.2 Å². The third kappa shape index (κ3) is 4.38. The quantitative estimate of drug-likeness (QED) is 0.503. The minimum absolute atomic E-state index is 0.0647. The van der Waals surface area contributed by atoms with Gasteiger partial charge in [0.05, 0.1) is 29.2 Å². The number of alkyl halides is 3. The molecular weight excluding hydrogens is 472 g/mol. The first-order valence-electron chi connectivity index (χ1n) is 11.9. The number of halogens is 4. The Kier molecular flexibility index (Phi) is 6.10. The zero-order valence-corrected chi connectivity index (χ0v) is 20.4. The summed E-state index contributed by atoms with van der Waals surface area (Å²) in [6, 6.07) is 6.51. The third-order valence-corrected chi connectivity index (χ3v) is 7.17. The van der Waals surface area contributed by atoms with Crippen molar-refractivity contribution in [2.45, 2.75) is 44.4 Å². The molecule has 1 unspecified atom stereocenters. The van der Waals surface area contributed by atoms with E-state index in [1.54, 1.807) is 20.0 Å². The van der Waals surface area contributed by atoms with Gasteiger partial charge in [0.15, 0.2) is 0 Å². The van der Waals surface area contributed by atoms with Gasteiger partial charge in [-0.2, -0.15) is 13.2 Å². The van der Waals surface area contributed by atoms with Gasteiger partial charge >= 0.3 is 6.18 Å². The summed E-state index contributed by atoms with van der Waals surface area (Å²) in [5.41, 5.74) is 1.24. The molecule has 0 bridgehead atoms. The molecule has 6 nitrogen and oxygen atoms in total. The zero-order chi connectivity index (χ0) is 25.7. The Morgan fingerprint density at radius 2 is 1.92 bits per heavy atom. The molecule has 0 aliphatic carbocycles. The first-order chi connectivity index (χ1) is 17.1. The van der Waals surface area contributed by atoms with Crippen LogP contribution in [0.4, 0.5) is 29.1 Å². The molecule has 190 valence electrons. The maximum atomic E-state index is 14.9. The number of likely N-dealkylation sites (N-methyl/N-ethyl adjacent to an activating group) is 1. The summed E-state index contributed by atoms with van der Waals surface area (Å²) in [6.07, 6.45) is -0.304. The van der Waals surface area contributed by atoms with Crippen LogP contribution >= 0.6 is 0 Å². The van der Waals surface area contributed by atoms with E-state index in [-0.39, 0.29) is 11.0 Å². The first-order valence-corrected chi connectivity index (χ1v) is 11.9. The molecule has 3 aromatic rings. The molecule has 2 aromatic heterocycles. The van der Waals surface area contributed by atoms with Gasteiger partial charge in [-0.15, -0.1) is 0 Å². The van der Waals surface area contributed by atoms with Gasteiger partial charge in [0.25, 0.3) is 0 Å². The number of hydrogen-bond donors (Lipinski definition) is 1.